The van der Waals surface area contributed by atoms with Gasteiger partial charge in [-0.15, -0.1) is 0 Å². The minimum absolute atomic E-state index is 0.0491. The molecule has 1 aromatic carbocycles. The summed E-state index contributed by atoms with van der Waals surface area (Å²) in [5, 5.41) is 6.96. The third kappa shape index (κ3) is 3.35. The summed E-state index contributed by atoms with van der Waals surface area (Å²) in [5.41, 5.74) is 3.60. The number of carbonyl (C=O) groups is 2. The van der Waals surface area contributed by atoms with E-state index in [9.17, 15) is 9.59 Å². The first-order chi connectivity index (χ1) is 12.0. The van der Waals surface area contributed by atoms with Crippen LogP contribution in [0.2, 0.25) is 0 Å². The average molecular weight is 342 g/mol. The summed E-state index contributed by atoms with van der Waals surface area (Å²) in [6, 6.07) is 7.50. The van der Waals surface area contributed by atoms with Gasteiger partial charge in [0.1, 0.15) is 0 Å². The SMILES string of the molecule is CCOC(=O)c1n[nH]c2c1CN(C(=O)c1ccc(N(C)C)cc1)CC2. The molecule has 132 valence electrons. The first-order valence-corrected chi connectivity index (χ1v) is 8.31. The van der Waals surface area contributed by atoms with Gasteiger partial charge < -0.3 is 14.5 Å². The fraction of sp³-hybridized carbons (Fsp3) is 0.389. The number of nitrogens with zero attached hydrogens (tertiary/aromatic N) is 3. The van der Waals surface area contributed by atoms with Gasteiger partial charge in [0.05, 0.1) is 13.2 Å². The molecule has 0 saturated heterocycles. The third-order valence-electron chi connectivity index (χ3n) is 4.32. The number of nitrogens with one attached hydrogen (secondary N) is 1. The van der Waals surface area contributed by atoms with E-state index in [0.29, 0.717) is 31.7 Å². The number of amides is 1. The van der Waals surface area contributed by atoms with Gasteiger partial charge in [0.15, 0.2) is 5.69 Å². The van der Waals surface area contributed by atoms with E-state index in [2.05, 4.69) is 10.2 Å². The Morgan fingerprint density at radius 1 is 1.28 bits per heavy atom. The maximum Gasteiger partial charge on any atom is 0.359 e. The topological polar surface area (TPSA) is 78.5 Å². The number of benzene rings is 1. The van der Waals surface area contributed by atoms with Gasteiger partial charge in [0.2, 0.25) is 0 Å². The number of H-pyrrole nitrogens is 1. The molecule has 2 aromatic rings. The van der Waals surface area contributed by atoms with E-state index >= 15 is 0 Å². The van der Waals surface area contributed by atoms with Crippen LogP contribution in [0.5, 0.6) is 0 Å². The van der Waals surface area contributed by atoms with Crippen LogP contribution in [-0.4, -0.2) is 54.2 Å². The molecule has 0 spiro atoms. The zero-order valence-electron chi connectivity index (χ0n) is 14.7. The van der Waals surface area contributed by atoms with Crippen LogP contribution in [-0.2, 0) is 17.7 Å². The molecule has 1 amide bonds. The fourth-order valence-corrected chi connectivity index (χ4v) is 2.92. The summed E-state index contributed by atoms with van der Waals surface area (Å²) in [5.74, 6) is -0.503. The Bertz CT molecular complexity index is 780. The van der Waals surface area contributed by atoms with E-state index in [4.69, 9.17) is 4.74 Å². The van der Waals surface area contributed by atoms with E-state index in [1.165, 1.54) is 0 Å². The van der Waals surface area contributed by atoms with E-state index in [1.54, 1.807) is 11.8 Å². The molecule has 0 saturated carbocycles. The number of anilines is 1. The van der Waals surface area contributed by atoms with Crippen molar-refractivity contribution in [2.24, 2.45) is 0 Å². The monoisotopic (exact) mass is 342 g/mol. The van der Waals surface area contributed by atoms with Crippen molar-refractivity contribution in [1.82, 2.24) is 15.1 Å². The molecule has 25 heavy (non-hydrogen) atoms. The van der Waals surface area contributed by atoms with E-state index < -0.39 is 5.97 Å². The van der Waals surface area contributed by atoms with Crippen LogP contribution in [0.3, 0.4) is 0 Å². The summed E-state index contributed by atoms with van der Waals surface area (Å²) in [4.78, 5) is 28.5. The first-order valence-electron chi connectivity index (χ1n) is 8.31. The van der Waals surface area contributed by atoms with Crippen molar-refractivity contribution in [2.45, 2.75) is 19.9 Å². The number of aromatic amines is 1. The molecule has 1 aliphatic heterocycles. The van der Waals surface area contributed by atoms with Gasteiger partial charge in [0, 0.05) is 49.6 Å². The van der Waals surface area contributed by atoms with Crippen LogP contribution in [0, 0.1) is 0 Å². The molecule has 0 atom stereocenters. The number of hydrogen-bond donors (Lipinski definition) is 1. The van der Waals surface area contributed by atoms with Crippen molar-refractivity contribution in [1.29, 1.82) is 0 Å². The number of aromatic nitrogens is 2. The molecule has 7 nitrogen and oxygen atoms in total. The van der Waals surface area contributed by atoms with E-state index in [1.807, 2.05) is 43.3 Å². The molecule has 1 N–H and O–H groups in total. The Kier molecular flexibility index (Phi) is 4.74. The van der Waals surface area contributed by atoms with Crippen LogP contribution >= 0.6 is 0 Å². The van der Waals surface area contributed by atoms with Crippen molar-refractivity contribution < 1.29 is 14.3 Å². The number of esters is 1. The third-order valence-corrected chi connectivity index (χ3v) is 4.32. The number of carbonyl (C=O) groups excluding carboxylic acids is 2. The molecule has 2 heterocycles. The largest absolute Gasteiger partial charge is 0.461 e. The predicted molar refractivity (Wildman–Crippen MR) is 93.8 cm³/mol. The zero-order valence-corrected chi connectivity index (χ0v) is 14.7. The Labute approximate surface area is 146 Å². The normalized spacial score (nSPS) is 13.3. The molecule has 3 rings (SSSR count). The zero-order chi connectivity index (χ0) is 18.0. The van der Waals surface area contributed by atoms with Crippen molar-refractivity contribution in [3.05, 3.63) is 46.8 Å². The van der Waals surface area contributed by atoms with Crippen molar-refractivity contribution in [3.8, 4) is 0 Å². The van der Waals surface area contributed by atoms with Gasteiger partial charge in [-0.2, -0.15) is 5.10 Å². The smallest absolute Gasteiger partial charge is 0.359 e. The Morgan fingerprint density at radius 2 is 2.00 bits per heavy atom. The molecule has 1 aliphatic rings. The lowest BCUT2D eigenvalue weighted by molar-refractivity contribution is 0.0513. The molecular weight excluding hydrogens is 320 g/mol. The van der Waals surface area contributed by atoms with Gasteiger partial charge in [0.25, 0.3) is 5.91 Å². The van der Waals surface area contributed by atoms with Gasteiger partial charge in [-0.05, 0) is 31.2 Å². The summed E-state index contributed by atoms with van der Waals surface area (Å²) in [6.07, 6.45) is 0.642. The van der Waals surface area contributed by atoms with Crippen molar-refractivity contribution in [2.75, 3.05) is 32.1 Å². The molecule has 0 bridgehead atoms. The second kappa shape index (κ2) is 6.96. The highest BCUT2D eigenvalue weighted by Crippen LogP contribution is 2.23. The van der Waals surface area contributed by atoms with E-state index in [0.717, 1.165) is 16.9 Å². The lowest BCUT2D eigenvalue weighted by Gasteiger charge is -2.27. The van der Waals surface area contributed by atoms with Crippen molar-refractivity contribution in [3.63, 3.8) is 0 Å². The van der Waals surface area contributed by atoms with Crippen LogP contribution in [0.25, 0.3) is 0 Å². The van der Waals surface area contributed by atoms with Crippen LogP contribution in [0.15, 0.2) is 24.3 Å². The summed E-state index contributed by atoms with van der Waals surface area (Å²) >= 11 is 0. The van der Waals surface area contributed by atoms with Gasteiger partial charge in [-0.1, -0.05) is 0 Å². The second-order valence-electron chi connectivity index (χ2n) is 6.17. The molecule has 1 aromatic heterocycles. The Hall–Kier alpha value is -2.83. The highest BCUT2D eigenvalue weighted by molar-refractivity contribution is 5.95. The van der Waals surface area contributed by atoms with Gasteiger partial charge >= 0.3 is 5.97 Å². The first kappa shape index (κ1) is 17.0. The lowest BCUT2D eigenvalue weighted by Crippen LogP contribution is -2.36. The molecule has 0 radical (unpaired) electrons. The minimum Gasteiger partial charge on any atom is -0.461 e. The second-order valence-corrected chi connectivity index (χ2v) is 6.17. The number of hydrogen-bond acceptors (Lipinski definition) is 5. The Morgan fingerprint density at radius 3 is 2.64 bits per heavy atom. The van der Waals surface area contributed by atoms with Crippen LogP contribution in [0.1, 0.15) is 39.0 Å². The molecule has 7 heteroatoms. The quantitative estimate of drug-likeness (QED) is 0.858. The standard InChI is InChI=1S/C18H22N4O3/c1-4-25-18(24)16-14-11-22(10-9-15(14)19-20-16)17(23)12-5-7-13(8-6-12)21(2)3/h5-8H,4,9-11H2,1-3H3,(H,19,20). The maximum atomic E-state index is 12.8. The maximum absolute atomic E-state index is 12.8. The summed E-state index contributed by atoms with van der Waals surface area (Å²) in [6.45, 7) is 2.99. The highest BCUT2D eigenvalue weighted by atomic mass is 16.5. The highest BCUT2D eigenvalue weighted by Gasteiger charge is 2.28. The molecular formula is C18H22N4O3. The lowest BCUT2D eigenvalue weighted by atomic mass is 10.0. The summed E-state index contributed by atoms with van der Waals surface area (Å²) < 4.78 is 5.04. The average Bonchev–Trinajstić information content (AvgIpc) is 3.04. The van der Waals surface area contributed by atoms with Crippen LogP contribution in [0.4, 0.5) is 5.69 Å². The van der Waals surface area contributed by atoms with Gasteiger partial charge in [-0.3, -0.25) is 9.89 Å². The van der Waals surface area contributed by atoms with Gasteiger partial charge in [-0.25, -0.2) is 4.79 Å². The summed E-state index contributed by atoms with van der Waals surface area (Å²) in [7, 11) is 3.91. The number of rotatable bonds is 4. The minimum atomic E-state index is -0.454. The predicted octanol–water partition coefficient (Wildman–Crippen LogP) is 1.85. The van der Waals surface area contributed by atoms with Crippen molar-refractivity contribution >= 4 is 17.6 Å². The molecule has 0 aliphatic carbocycles. The fourth-order valence-electron chi connectivity index (χ4n) is 2.92. The van der Waals surface area contributed by atoms with E-state index in [-0.39, 0.29) is 11.6 Å². The molecule has 0 unspecified atom stereocenters. The Balaban J connectivity index is 1.78. The number of ether oxygens (including phenoxy) is 1. The van der Waals surface area contributed by atoms with Crippen LogP contribution < -0.4 is 4.90 Å². The number of fused-ring (bicyclic) bond motifs is 1. The molecule has 0 fully saturated rings.